The lowest BCUT2D eigenvalue weighted by Gasteiger charge is -2.09. The van der Waals surface area contributed by atoms with Crippen molar-refractivity contribution in [3.05, 3.63) is 47.5 Å². The smallest absolute Gasteiger partial charge is 0.231 e. The van der Waals surface area contributed by atoms with E-state index in [0.29, 0.717) is 29.3 Å². The van der Waals surface area contributed by atoms with Crippen molar-refractivity contribution in [3.8, 4) is 11.5 Å². The molecule has 3 rings (SSSR count). The molecular weight excluding hydrogens is 268 g/mol. The number of carbonyl (C=O) groups is 1. The van der Waals surface area contributed by atoms with E-state index in [4.69, 9.17) is 15.2 Å². The monoisotopic (exact) mass is 284 g/mol. The first kappa shape index (κ1) is 13.3. The molecule has 0 saturated heterocycles. The van der Waals surface area contributed by atoms with Gasteiger partial charge in [0.25, 0.3) is 0 Å². The van der Waals surface area contributed by atoms with E-state index in [-0.39, 0.29) is 12.7 Å². The van der Waals surface area contributed by atoms with Crippen LogP contribution in [0.1, 0.15) is 11.1 Å². The van der Waals surface area contributed by atoms with E-state index in [2.05, 4.69) is 5.32 Å². The van der Waals surface area contributed by atoms with Crippen LogP contribution < -0.4 is 20.5 Å². The zero-order chi connectivity index (χ0) is 14.8. The van der Waals surface area contributed by atoms with Crippen LogP contribution in [0.3, 0.4) is 0 Å². The molecule has 0 aliphatic carbocycles. The summed E-state index contributed by atoms with van der Waals surface area (Å²) in [5.41, 5.74) is 9.00. The second-order valence-electron chi connectivity index (χ2n) is 5.01. The number of amides is 1. The number of nitrogens with two attached hydrogens (primary N) is 1. The third-order valence-corrected chi connectivity index (χ3v) is 3.27. The number of ether oxygens (including phenoxy) is 2. The van der Waals surface area contributed by atoms with Crippen LogP contribution >= 0.6 is 0 Å². The minimum Gasteiger partial charge on any atom is -0.454 e. The second-order valence-corrected chi connectivity index (χ2v) is 5.01. The van der Waals surface area contributed by atoms with E-state index in [1.165, 1.54) is 0 Å². The van der Waals surface area contributed by atoms with E-state index < -0.39 is 0 Å². The van der Waals surface area contributed by atoms with Crippen molar-refractivity contribution in [2.24, 2.45) is 0 Å². The van der Waals surface area contributed by atoms with Crippen molar-refractivity contribution in [3.63, 3.8) is 0 Å². The Morgan fingerprint density at radius 3 is 2.76 bits per heavy atom. The van der Waals surface area contributed by atoms with Gasteiger partial charge in [0, 0.05) is 12.1 Å². The quantitative estimate of drug-likeness (QED) is 0.849. The Labute approximate surface area is 122 Å². The molecule has 1 amide bonds. The summed E-state index contributed by atoms with van der Waals surface area (Å²) in [6, 6.07) is 11.2. The minimum absolute atomic E-state index is 0.119. The molecule has 0 atom stereocenters. The molecule has 2 aromatic carbocycles. The number of hydrogen-bond acceptors (Lipinski definition) is 4. The highest BCUT2D eigenvalue weighted by Gasteiger charge is 2.17. The molecule has 0 saturated carbocycles. The number of hydrogen-bond donors (Lipinski definition) is 2. The molecule has 0 bridgehead atoms. The standard InChI is InChI=1S/C16H16N2O3/c1-10-3-2-4-11(5-10)6-16(19)18-13-8-15-14(7-12(13)17)20-9-21-15/h2-5,7-8H,6,9,17H2,1H3,(H,18,19). The van der Waals surface area contributed by atoms with Crippen LogP contribution in [0.5, 0.6) is 11.5 Å². The molecule has 0 spiro atoms. The van der Waals surface area contributed by atoms with Crippen LogP contribution in [0.15, 0.2) is 36.4 Å². The Hall–Kier alpha value is -2.69. The van der Waals surface area contributed by atoms with Gasteiger partial charge in [-0.3, -0.25) is 4.79 Å². The van der Waals surface area contributed by atoms with Gasteiger partial charge in [0.15, 0.2) is 11.5 Å². The SMILES string of the molecule is Cc1cccc(CC(=O)Nc2cc3c(cc2N)OCO3)c1. The van der Waals surface area contributed by atoms with E-state index in [9.17, 15) is 4.79 Å². The summed E-state index contributed by atoms with van der Waals surface area (Å²) in [7, 11) is 0. The van der Waals surface area contributed by atoms with Gasteiger partial charge < -0.3 is 20.5 Å². The molecule has 0 fully saturated rings. The lowest BCUT2D eigenvalue weighted by molar-refractivity contribution is -0.115. The largest absolute Gasteiger partial charge is 0.454 e. The predicted octanol–water partition coefficient (Wildman–Crippen LogP) is 2.49. The summed E-state index contributed by atoms with van der Waals surface area (Å²) < 4.78 is 10.5. The second kappa shape index (κ2) is 5.36. The van der Waals surface area contributed by atoms with E-state index >= 15 is 0 Å². The number of anilines is 2. The van der Waals surface area contributed by atoms with E-state index in [1.54, 1.807) is 12.1 Å². The van der Waals surface area contributed by atoms with Crippen LogP contribution in [-0.4, -0.2) is 12.7 Å². The minimum atomic E-state index is -0.119. The number of rotatable bonds is 3. The first-order valence-electron chi connectivity index (χ1n) is 6.66. The number of benzene rings is 2. The van der Waals surface area contributed by atoms with Crippen LogP contribution in [0.25, 0.3) is 0 Å². The lowest BCUT2D eigenvalue weighted by atomic mass is 10.1. The first-order valence-corrected chi connectivity index (χ1v) is 6.66. The van der Waals surface area contributed by atoms with Gasteiger partial charge in [-0.1, -0.05) is 29.8 Å². The summed E-state index contributed by atoms with van der Waals surface area (Å²) >= 11 is 0. The molecule has 0 aromatic heterocycles. The average Bonchev–Trinajstić information content (AvgIpc) is 2.86. The van der Waals surface area contributed by atoms with Crippen molar-refractivity contribution in [2.45, 2.75) is 13.3 Å². The molecule has 21 heavy (non-hydrogen) atoms. The van der Waals surface area contributed by atoms with Crippen molar-refractivity contribution >= 4 is 17.3 Å². The highest BCUT2D eigenvalue weighted by Crippen LogP contribution is 2.38. The zero-order valence-electron chi connectivity index (χ0n) is 11.7. The van der Waals surface area contributed by atoms with Gasteiger partial charge >= 0.3 is 0 Å². The summed E-state index contributed by atoms with van der Waals surface area (Å²) in [5, 5.41) is 2.81. The molecule has 0 unspecified atom stereocenters. The van der Waals surface area contributed by atoms with Crippen molar-refractivity contribution < 1.29 is 14.3 Å². The maximum absolute atomic E-state index is 12.1. The Morgan fingerprint density at radius 1 is 1.24 bits per heavy atom. The molecule has 1 aliphatic rings. The number of nitrogens with one attached hydrogen (secondary N) is 1. The predicted molar refractivity (Wildman–Crippen MR) is 80.5 cm³/mol. The first-order chi connectivity index (χ1) is 10.1. The van der Waals surface area contributed by atoms with Crippen LogP contribution in [0.4, 0.5) is 11.4 Å². The van der Waals surface area contributed by atoms with Crippen LogP contribution in [0.2, 0.25) is 0 Å². The Bertz CT molecular complexity index is 698. The molecule has 1 aliphatic heterocycles. The Balaban J connectivity index is 1.73. The summed E-state index contributed by atoms with van der Waals surface area (Å²) in [6.45, 7) is 2.17. The molecule has 2 aromatic rings. The molecule has 108 valence electrons. The zero-order valence-corrected chi connectivity index (χ0v) is 11.7. The highest BCUT2D eigenvalue weighted by atomic mass is 16.7. The normalized spacial score (nSPS) is 12.2. The fraction of sp³-hybridized carbons (Fsp3) is 0.188. The van der Waals surface area contributed by atoms with Gasteiger partial charge in [-0.15, -0.1) is 0 Å². The van der Waals surface area contributed by atoms with E-state index in [0.717, 1.165) is 11.1 Å². The number of carbonyl (C=O) groups excluding carboxylic acids is 1. The van der Waals surface area contributed by atoms with Gasteiger partial charge in [-0.2, -0.15) is 0 Å². The molecule has 5 nitrogen and oxygen atoms in total. The highest BCUT2D eigenvalue weighted by molar-refractivity contribution is 5.95. The van der Waals surface area contributed by atoms with Gasteiger partial charge in [-0.25, -0.2) is 0 Å². The van der Waals surface area contributed by atoms with Gasteiger partial charge in [0.2, 0.25) is 12.7 Å². The Kier molecular flexibility index (Phi) is 3.39. The summed E-state index contributed by atoms with van der Waals surface area (Å²) in [5.74, 6) is 1.07. The summed E-state index contributed by atoms with van der Waals surface area (Å²) in [6.07, 6.45) is 0.301. The maximum Gasteiger partial charge on any atom is 0.231 e. The Morgan fingerprint density at radius 2 is 2.00 bits per heavy atom. The van der Waals surface area contributed by atoms with Crippen molar-refractivity contribution in [2.75, 3.05) is 17.8 Å². The lowest BCUT2D eigenvalue weighted by Crippen LogP contribution is -2.15. The molecule has 3 N–H and O–H groups in total. The number of aryl methyl sites for hydroxylation is 1. The number of nitrogen functional groups attached to an aromatic ring is 1. The van der Waals surface area contributed by atoms with Gasteiger partial charge in [0.1, 0.15) is 0 Å². The van der Waals surface area contributed by atoms with Crippen molar-refractivity contribution in [1.82, 2.24) is 0 Å². The van der Waals surface area contributed by atoms with Gasteiger partial charge in [0.05, 0.1) is 17.8 Å². The number of fused-ring (bicyclic) bond motifs is 1. The van der Waals surface area contributed by atoms with Crippen LogP contribution in [0, 0.1) is 6.92 Å². The molecular formula is C16H16N2O3. The molecule has 0 radical (unpaired) electrons. The molecule has 5 heteroatoms. The third kappa shape index (κ3) is 2.91. The van der Waals surface area contributed by atoms with Crippen LogP contribution in [-0.2, 0) is 11.2 Å². The topological polar surface area (TPSA) is 73.6 Å². The fourth-order valence-corrected chi connectivity index (χ4v) is 2.27. The third-order valence-electron chi connectivity index (χ3n) is 3.27. The molecule has 1 heterocycles. The fourth-order valence-electron chi connectivity index (χ4n) is 2.27. The summed E-state index contributed by atoms with van der Waals surface area (Å²) in [4.78, 5) is 12.1. The van der Waals surface area contributed by atoms with Crippen molar-refractivity contribution in [1.29, 1.82) is 0 Å². The maximum atomic E-state index is 12.1. The van der Waals surface area contributed by atoms with E-state index in [1.807, 2.05) is 31.2 Å². The van der Waals surface area contributed by atoms with Gasteiger partial charge in [-0.05, 0) is 12.5 Å². The average molecular weight is 284 g/mol.